The average Bonchev–Trinajstić information content (AvgIpc) is 2.43. The van der Waals surface area contributed by atoms with Crippen LogP contribution >= 0.6 is 15.9 Å². The van der Waals surface area contributed by atoms with Gasteiger partial charge in [0.05, 0.1) is 0 Å². The van der Waals surface area contributed by atoms with Crippen LogP contribution in [0.1, 0.15) is 26.3 Å². The number of nitrogens with two attached hydrogens (primary N) is 1. The lowest BCUT2D eigenvalue weighted by Gasteiger charge is -2.29. The van der Waals surface area contributed by atoms with Gasteiger partial charge in [0.25, 0.3) is 0 Å². The summed E-state index contributed by atoms with van der Waals surface area (Å²) in [6.07, 6.45) is 0. The fourth-order valence-electron chi connectivity index (χ4n) is 2.13. The van der Waals surface area contributed by atoms with Crippen molar-refractivity contribution in [3.05, 3.63) is 34.3 Å². The zero-order valence-electron chi connectivity index (χ0n) is 12.4. The Kier molecular flexibility index (Phi) is 6.65. The number of nitrogens with zero attached hydrogens (tertiary/aromatic N) is 1. The van der Waals surface area contributed by atoms with Crippen LogP contribution in [0.2, 0.25) is 0 Å². The van der Waals surface area contributed by atoms with Crippen molar-refractivity contribution in [3.8, 4) is 0 Å². The number of hydrogen-bond donors (Lipinski definition) is 2. The van der Waals surface area contributed by atoms with E-state index in [-0.39, 0.29) is 5.91 Å². The molecule has 1 aromatic rings. The lowest BCUT2D eigenvalue weighted by molar-refractivity contribution is -0.124. The highest BCUT2D eigenvalue weighted by Crippen LogP contribution is 2.23. The van der Waals surface area contributed by atoms with E-state index in [0.29, 0.717) is 6.54 Å². The molecule has 0 fully saturated rings. The Labute approximate surface area is 129 Å². The minimum Gasteiger partial charge on any atom is -0.368 e. The Hall–Kier alpha value is -0.910. The standard InChI is InChI=1S/C15H24BrN3O/c1-4-19(5-2)10-9-18-15(3,14(17)20)12-7-6-8-13(16)11-12/h6-8,11,18H,4-5,9-10H2,1-3H3,(H2,17,20). The molecule has 1 unspecified atom stereocenters. The van der Waals surface area contributed by atoms with Crippen molar-refractivity contribution in [1.29, 1.82) is 0 Å². The molecule has 0 saturated carbocycles. The zero-order chi connectivity index (χ0) is 15.2. The molecule has 0 aliphatic rings. The predicted octanol–water partition coefficient (Wildman–Crippen LogP) is 2.08. The zero-order valence-corrected chi connectivity index (χ0v) is 14.0. The molecule has 1 aromatic carbocycles. The van der Waals surface area contributed by atoms with E-state index in [1.807, 2.05) is 31.2 Å². The largest absolute Gasteiger partial charge is 0.368 e. The van der Waals surface area contributed by atoms with Gasteiger partial charge in [-0.3, -0.25) is 10.1 Å². The highest BCUT2D eigenvalue weighted by atomic mass is 79.9. The summed E-state index contributed by atoms with van der Waals surface area (Å²) in [6, 6.07) is 7.68. The van der Waals surface area contributed by atoms with Gasteiger partial charge in [-0.1, -0.05) is 41.9 Å². The molecule has 0 aliphatic heterocycles. The van der Waals surface area contributed by atoms with Gasteiger partial charge >= 0.3 is 0 Å². The molecule has 1 amide bonds. The highest BCUT2D eigenvalue weighted by Gasteiger charge is 2.32. The number of primary amides is 1. The summed E-state index contributed by atoms with van der Waals surface area (Å²) in [5, 5.41) is 3.30. The summed E-state index contributed by atoms with van der Waals surface area (Å²) in [6.45, 7) is 9.71. The Bertz CT molecular complexity index is 448. The number of rotatable bonds is 8. The van der Waals surface area contributed by atoms with Gasteiger partial charge in [0.15, 0.2) is 0 Å². The van der Waals surface area contributed by atoms with E-state index in [0.717, 1.165) is 29.7 Å². The van der Waals surface area contributed by atoms with Crippen molar-refractivity contribution >= 4 is 21.8 Å². The molecule has 0 radical (unpaired) electrons. The summed E-state index contributed by atoms with van der Waals surface area (Å²) in [7, 11) is 0. The summed E-state index contributed by atoms with van der Waals surface area (Å²) in [4.78, 5) is 14.2. The van der Waals surface area contributed by atoms with Gasteiger partial charge in [-0.15, -0.1) is 0 Å². The van der Waals surface area contributed by atoms with Crippen molar-refractivity contribution < 1.29 is 4.79 Å². The van der Waals surface area contributed by atoms with Crippen molar-refractivity contribution in [3.63, 3.8) is 0 Å². The first-order valence-electron chi connectivity index (χ1n) is 6.97. The first kappa shape index (κ1) is 17.1. The number of nitrogens with one attached hydrogen (secondary N) is 1. The van der Waals surface area contributed by atoms with Crippen LogP contribution in [0.25, 0.3) is 0 Å². The summed E-state index contributed by atoms with van der Waals surface area (Å²) in [5.74, 6) is -0.366. The minimum atomic E-state index is -0.850. The number of carbonyl (C=O) groups excluding carboxylic acids is 1. The lowest BCUT2D eigenvalue weighted by atomic mass is 9.91. The van der Waals surface area contributed by atoms with Crippen LogP contribution < -0.4 is 11.1 Å². The first-order valence-corrected chi connectivity index (χ1v) is 7.76. The van der Waals surface area contributed by atoms with Crippen LogP contribution in [0.4, 0.5) is 0 Å². The minimum absolute atomic E-state index is 0.366. The average molecular weight is 342 g/mol. The molecule has 4 nitrogen and oxygen atoms in total. The van der Waals surface area contributed by atoms with Crippen LogP contribution in [-0.2, 0) is 10.3 Å². The summed E-state index contributed by atoms with van der Waals surface area (Å²) >= 11 is 3.43. The van der Waals surface area contributed by atoms with E-state index in [1.165, 1.54) is 0 Å². The molecule has 112 valence electrons. The number of likely N-dealkylation sites (N-methyl/N-ethyl adjacent to an activating group) is 1. The molecule has 0 aliphatic carbocycles. The fraction of sp³-hybridized carbons (Fsp3) is 0.533. The number of benzene rings is 1. The van der Waals surface area contributed by atoms with E-state index in [4.69, 9.17) is 5.73 Å². The molecule has 3 N–H and O–H groups in total. The topological polar surface area (TPSA) is 58.4 Å². The maximum atomic E-state index is 11.9. The first-order chi connectivity index (χ1) is 9.43. The van der Waals surface area contributed by atoms with Crippen molar-refractivity contribution in [2.45, 2.75) is 26.3 Å². The molecule has 1 atom stereocenters. The molecule has 0 bridgehead atoms. The third-order valence-corrected chi connectivity index (χ3v) is 4.19. The Morgan fingerprint density at radius 2 is 2.05 bits per heavy atom. The SMILES string of the molecule is CCN(CC)CCNC(C)(C(N)=O)c1cccc(Br)c1. The molecular weight excluding hydrogens is 318 g/mol. The highest BCUT2D eigenvalue weighted by molar-refractivity contribution is 9.10. The Balaban J connectivity index is 2.80. The maximum Gasteiger partial charge on any atom is 0.242 e. The molecular formula is C15H24BrN3O. The van der Waals surface area contributed by atoms with E-state index in [2.05, 4.69) is 40.0 Å². The summed E-state index contributed by atoms with van der Waals surface area (Å²) in [5.41, 5.74) is 5.63. The van der Waals surface area contributed by atoms with Gasteiger partial charge in [-0.25, -0.2) is 0 Å². The van der Waals surface area contributed by atoms with E-state index in [1.54, 1.807) is 0 Å². The van der Waals surface area contributed by atoms with Crippen LogP contribution in [0.3, 0.4) is 0 Å². The second-order valence-electron chi connectivity index (χ2n) is 4.95. The summed E-state index contributed by atoms with van der Waals surface area (Å²) < 4.78 is 0.938. The number of halogens is 1. The van der Waals surface area contributed by atoms with Gasteiger partial charge in [-0.2, -0.15) is 0 Å². The van der Waals surface area contributed by atoms with Gasteiger partial charge < -0.3 is 10.6 Å². The van der Waals surface area contributed by atoms with E-state index >= 15 is 0 Å². The normalized spacial score (nSPS) is 14.2. The third-order valence-electron chi connectivity index (χ3n) is 3.70. The number of amides is 1. The predicted molar refractivity (Wildman–Crippen MR) is 86.5 cm³/mol. The fourth-order valence-corrected chi connectivity index (χ4v) is 2.53. The van der Waals surface area contributed by atoms with Crippen molar-refractivity contribution in [2.24, 2.45) is 5.73 Å². The van der Waals surface area contributed by atoms with Crippen LogP contribution in [-0.4, -0.2) is 37.0 Å². The third kappa shape index (κ3) is 4.30. The van der Waals surface area contributed by atoms with Crippen LogP contribution in [0.15, 0.2) is 28.7 Å². The van der Waals surface area contributed by atoms with Gasteiger partial charge in [0.1, 0.15) is 5.54 Å². The van der Waals surface area contributed by atoms with Crippen LogP contribution in [0.5, 0.6) is 0 Å². The Morgan fingerprint density at radius 1 is 1.40 bits per heavy atom. The molecule has 5 heteroatoms. The molecule has 20 heavy (non-hydrogen) atoms. The van der Waals surface area contributed by atoms with Gasteiger partial charge in [-0.05, 0) is 37.7 Å². The molecule has 0 spiro atoms. The maximum absolute atomic E-state index is 11.9. The second-order valence-corrected chi connectivity index (χ2v) is 5.87. The lowest BCUT2D eigenvalue weighted by Crippen LogP contribution is -2.52. The van der Waals surface area contributed by atoms with Gasteiger partial charge in [0, 0.05) is 17.6 Å². The van der Waals surface area contributed by atoms with Gasteiger partial charge in [0.2, 0.25) is 5.91 Å². The smallest absolute Gasteiger partial charge is 0.242 e. The number of hydrogen-bond acceptors (Lipinski definition) is 3. The van der Waals surface area contributed by atoms with Crippen LogP contribution in [0, 0.1) is 0 Å². The Morgan fingerprint density at radius 3 is 2.55 bits per heavy atom. The van der Waals surface area contributed by atoms with Crippen molar-refractivity contribution in [2.75, 3.05) is 26.2 Å². The second kappa shape index (κ2) is 7.76. The quantitative estimate of drug-likeness (QED) is 0.761. The molecule has 0 heterocycles. The van der Waals surface area contributed by atoms with E-state index < -0.39 is 5.54 Å². The van der Waals surface area contributed by atoms with E-state index in [9.17, 15) is 4.79 Å². The monoisotopic (exact) mass is 341 g/mol. The number of carbonyl (C=O) groups is 1. The molecule has 1 rings (SSSR count). The molecule has 0 saturated heterocycles. The van der Waals surface area contributed by atoms with Crippen molar-refractivity contribution in [1.82, 2.24) is 10.2 Å². The molecule has 0 aromatic heterocycles.